The van der Waals surface area contributed by atoms with Crippen molar-refractivity contribution in [2.24, 2.45) is 0 Å². The van der Waals surface area contributed by atoms with Crippen LogP contribution in [0, 0.1) is 0 Å². The lowest BCUT2D eigenvalue weighted by Crippen LogP contribution is -2.39. The van der Waals surface area contributed by atoms with E-state index < -0.39 is 5.79 Å². The zero-order valence-electron chi connectivity index (χ0n) is 7.29. The maximum Gasteiger partial charge on any atom is 0.190 e. The topological polar surface area (TPSA) is 27.7 Å². The Labute approximate surface area is 76.4 Å². The van der Waals surface area contributed by atoms with Gasteiger partial charge in [0.2, 0.25) is 0 Å². The molecule has 11 heavy (non-hydrogen) atoms. The van der Waals surface area contributed by atoms with Gasteiger partial charge in [0.1, 0.15) is 10.5 Å². The van der Waals surface area contributed by atoms with Crippen molar-refractivity contribution < 1.29 is 13.9 Å². The predicted octanol–water partition coefficient (Wildman–Crippen LogP) is -0.408. The Balaban J connectivity index is 3.96. The number of ether oxygens (including phenoxy) is 2. The van der Waals surface area contributed by atoms with Crippen LogP contribution in [0.4, 0.5) is 0 Å². The SMILES string of the molecule is COC(CCS)(CO[SiH3])OC. The van der Waals surface area contributed by atoms with Crippen molar-refractivity contribution in [1.82, 2.24) is 0 Å². The Hall–Kier alpha value is 0.447. The number of thiol groups is 1. The highest BCUT2D eigenvalue weighted by atomic mass is 32.1. The molecule has 0 rings (SSSR count). The van der Waals surface area contributed by atoms with Crippen LogP contribution in [-0.2, 0) is 13.9 Å². The molecule has 0 aromatic heterocycles. The lowest BCUT2D eigenvalue weighted by Gasteiger charge is -2.29. The van der Waals surface area contributed by atoms with Crippen LogP contribution in [0.3, 0.4) is 0 Å². The maximum absolute atomic E-state index is 5.19. The minimum absolute atomic E-state index is 0.493. The quantitative estimate of drug-likeness (QED) is 0.356. The molecule has 0 aliphatic heterocycles. The Morgan fingerprint density at radius 3 is 2.18 bits per heavy atom. The van der Waals surface area contributed by atoms with E-state index in [0.29, 0.717) is 17.1 Å². The van der Waals surface area contributed by atoms with E-state index in [1.54, 1.807) is 14.2 Å². The molecule has 0 aromatic carbocycles. The second-order valence-electron chi connectivity index (χ2n) is 2.23. The minimum Gasteiger partial charge on any atom is -0.422 e. The van der Waals surface area contributed by atoms with Gasteiger partial charge < -0.3 is 13.9 Å². The van der Waals surface area contributed by atoms with E-state index in [-0.39, 0.29) is 0 Å². The Kier molecular flexibility index (Phi) is 6.26. The van der Waals surface area contributed by atoms with Crippen molar-refractivity contribution in [2.45, 2.75) is 12.2 Å². The summed E-state index contributed by atoms with van der Waals surface area (Å²) in [6.45, 7) is 0.493. The van der Waals surface area contributed by atoms with Gasteiger partial charge in [0, 0.05) is 20.6 Å². The predicted molar refractivity (Wildman–Crippen MR) is 51.1 cm³/mol. The molecule has 0 fully saturated rings. The fourth-order valence-corrected chi connectivity index (χ4v) is 1.65. The van der Waals surface area contributed by atoms with Crippen LogP contribution in [0.25, 0.3) is 0 Å². The van der Waals surface area contributed by atoms with Gasteiger partial charge in [-0.25, -0.2) is 0 Å². The molecule has 0 saturated heterocycles. The molecule has 0 spiro atoms. The molecule has 0 aliphatic rings. The summed E-state index contributed by atoms with van der Waals surface area (Å²) in [7, 11) is 3.94. The van der Waals surface area contributed by atoms with Gasteiger partial charge in [0.05, 0.1) is 6.61 Å². The van der Waals surface area contributed by atoms with Crippen molar-refractivity contribution in [3.63, 3.8) is 0 Å². The summed E-state index contributed by atoms with van der Waals surface area (Å²) in [4.78, 5) is 0. The molecule has 0 N–H and O–H groups in total. The van der Waals surface area contributed by atoms with Crippen LogP contribution in [0.15, 0.2) is 0 Å². The average Bonchev–Trinajstić information content (AvgIpc) is 2.04. The summed E-state index contributed by atoms with van der Waals surface area (Å²) in [6.07, 6.45) is 0.741. The van der Waals surface area contributed by atoms with Crippen LogP contribution < -0.4 is 0 Å². The van der Waals surface area contributed by atoms with E-state index in [1.807, 2.05) is 0 Å². The first-order valence-corrected chi connectivity index (χ1v) is 4.89. The highest BCUT2D eigenvalue weighted by Gasteiger charge is 2.27. The fraction of sp³-hybridized carbons (Fsp3) is 1.00. The zero-order valence-corrected chi connectivity index (χ0v) is 10.2. The van der Waals surface area contributed by atoms with Gasteiger partial charge in [-0.15, -0.1) is 0 Å². The summed E-state index contributed by atoms with van der Waals surface area (Å²) in [5.41, 5.74) is 0. The number of rotatable bonds is 6. The lowest BCUT2D eigenvalue weighted by molar-refractivity contribution is -0.222. The van der Waals surface area contributed by atoms with Gasteiger partial charge in [0.15, 0.2) is 5.79 Å². The third-order valence-corrected chi connectivity index (χ3v) is 2.11. The molecular formula is C6H16O3SSi. The van der Waals surface area contributed by atoms with Crippen LogP contribution in [-0.4, -0.2) is 42.9 Å². The molecule has 0 aliphatic carbocycles. The third-order valence-electron chi connectivity index (χ3n) is 1.60. The number of hydrogen-bond acceptors (Lipinski definition) is 4. The highest BCUT2D eigenvalue weighted by Crippen LogP contribution is 2.16. The molecule has 0 heterocycles. The van der Waals surface area contributed by atoms with E-state index in [1.165, 1.54) is 0 Å². The second-order valence-corrected chi connectivity index (χ2v) is 3.25. The Morgan fingerprint density at radius 2 is 1.91 bits per heavy atom. The van der Waals surface area contributed by atoms with Crippen molar-refractivity contribution >= 4 is 23.1 Å². The van der Waals surface area contributed by atoms with Crippen molar-refractivity contribution in [3.8, 4) is 0 Å². The number of methoxy groups -OCH3 is 2. The van der Waals surface area contributed by atoms with Crippen molar-refractivity contribution in [2.75, 3.05) is 26.6 Å². The maximum atomic E-state index is 5.19. The van der Waals surface area contributed by atoms with Crippen LogP contribution in [0.5, 0.6) is 0 Å². The van der Waals surface area contributed by atoms with E-state index >= 15 is 0 Å². The van der Waals surface area contributed by atoms with Crippen molar-refractivity contribution in [3.05, 3.63) is 0 Å². The van der Waals surface area contributed by atoms with Gasteiger partial charge >= 0.3 is 0 Å². The molecular weight excluding hydrogens is 180 g/mol. The third kappa shape index (κ3) is 3.57. The molecule has 0 aromatic rings. The van der Waals surface area contributed by atoms with E-state index in [4.69, 9.17) is 13.9 Å². The van der Waals surface area contributed by atoms with E-state index in [0.717, 1.165) is 12.2 Å². The second kappa shape index (κ2) is 6.02. The monoisotopic (exact) mass is 196 g/mol. The molecule has 0 saturated carbocycles. The number of hydrogen-bond donors (Lipinski definition) is 1. The van der Waals surface area contributed by atoms with Crippen LogP contribution >= 0.6 is 12.6 Å². The van der Waals surface area contributed by atoms with Gasteiger partial charge in [0.25, 0.3) is 0 Å². The summed E-state index contributed by atoms with van der Waals surface area (Å²) < 4.78 is 15.5. The first kappa shape index (κ1) is 11.4. The summed E-state index contributed by atoms with van der Waals surface area (Å²) in [5.74, 6) is 0.149. The normalized spacial score (nSPS) is 12.3. The zero-order chi connectivity index (χ0) is 8.74. The Bertz CT molecular complexity index is 89.8. The van der Waals surface area contributed by atoms with Gasteiger partial charge in [-0.1, -0.05) is 0 Å². The molecule has 0 atom stereocenters. The highest BCUT2D eigenvalue weighted by molar-refractivity contribution is 7.80. The first-order valence-electron chi connectivity index (χ1n) is 3.45. The fourth-order valence-electron chi connectivity index (χ4n) is 0.868. The summed E-state index contributed by atoms with van der Waals surface area (Å²) in [6, 6.07) is 0. The molecule has 0 bridgehead atoms. The Morgan fingerprint density at radius 1 is 1.36 bits per heavy atom. The smallest absolute Gasteiger partial charge is 0.190 e. The van der Waals surface area contributed by atoms with Gasteiger partial charge in [-0.2, -0.15) is 12.6 Å². The molecule has 5 heteroatoms. The molecule has 0 unspecified atom stereocenters. The molecule has 68 valence electrons. The molecule has 0 radical (unpaired) electrons. The van der Waals surface area contributed by atoms with Crippen molar-refractivity contribution in [1.29, 1.82) is 0 Å². The van der Waals surface area contributed by atoms with Crippen LogP contribution in [0.1, 0.15) is 6.42 Å². The van der Waals surface area contributed by atoms with Gasteiger partial charge in [-0.05, 0) is 5.75 Å². The molecule has 0 amide bonds. The minimum atomic E-state index is -0.580. The van der Waals surface area contributed by atoms with Crippen LogP contribution in [0.2, 0.25) is 0 Å². The largest absolute Gasteiger partial charge is 0.422 e. The average molecular weight is 196 g/mol. The van der Waals surface area contributed by atoms with E-state index in [2.05, 4.69) is 12.6 Å². The van der Waals surface area contributed by atoms with E-state index in [9.17, 15) is 0 Å². The first-order chi connectivity index (χ1) is 5.24. The lowest BCUT2D eigenvalue weighted by atomic mass is 10.2. The summed E-state index contributed by atoms with van der Waals surface area (Å²) in [5, 5.41) is 0. The standard InChI is InChI=1S/C6H16O3SSi/c1-7-6(8-2,3-4-10)5-9-11/h10H,3-5H2,1-2,11H3. The summed E-state index contributed by atoms with van der Waals surface area (Å²) >= 11 is 4.11. The van der Waals surface area contributed by atoms with Gasteiger partial charge in [-0.3, -0.25) is 0 Å². The molecule has 3 nitrogen and oxygen atoms in total.